The molecule has 2 aromatic rings. The third-order valence-corrected chi connectivity index (χ3v) is 6.23. The van der Waals surface area contributed by atoms with Crippen LogP contribution < -0.4 is 4.90 Å². The summed E-state index contributed by atoms with van der Waals surface area (Å²) >= 11 is 0. The summed E-state index contributed by atoms with van der Waals surface area (Å²) in [6.07, 6.45) is 4.82. The number of ether oxygens (including phenoxy) is 2. The van der Waals surface area contributed by atoms with Gasteiger partial charge in [-0.05, 0) is 65.9 Å². The SMILES string of the molecule is Cc1ncc(-c2cnc(F)c(F)c2)c(N2CCC(C)(C)CC2)c1[C@@H](COC(C)C)OC(C)(C)C. The molecule has 1 atom stereocenters. The van der Waals surface area contributed by atoms with E-state index in [4.69, 9.17) is 9.47 Å². The number of hydrogen-bond acceptors (Lipinski definition) is 5. The number of aromatic nitrogens is 2. The number of rotatable bonds is 7. The lowest BCUT2D eigenvalue weighted by molar-refractivity contribution is -0.103. The Balaban J connectivity index is 2.21. The molecular formula is C27H39F2N3O2. The molecule has 34 heavy (non-hydrogen) atoms. The first kappa shape index (κ1) is 26.5. The fourth-order valence-electron chi connectivity index (χ4n) is 4.33. The Bertz CT molecular complexity index is 992. The fourth-order valence-corrected chi connectivity index (χ4v) is 4.33. The molecule has 0 aliphatic carbocycles. The van der Waals surface area contributed by atoms with Gasteiger partial charge in [0.05, 0.1) is 24.0 Å². The zero-order valence-electron chi connectivity index (χ0n) is 21.8. The first-order chi connectivity index (χ1) is 15.8. The molecule has 0 saturated carbocycles. The largest absolute Gasteiger partial charge is 0.376 e. The highest BCUT2D eigenvalue weighted by Crippen LogP contribution is 2.43. The number of hydrogen-bond donors (Lipinski definition) is 0. The van der Waals surface area contributed by atoms with Gasteiger partial charge in [0, 0.05) is 47.9 Å². The van der Waals surface area contributed by atoms with Crippen molar-refractivity contribution < 1.29 is 18.3 Å². The predicted molar refractivity (Wildman–Crippen MR) is 132 cm³/mol. The van der Waals surface area contributed by atoms with Crippen molar-refractivity contribution in [2.24, 2.45) is 5.41 Å². The van der Waals surface area contributed by atoms with E-state index in [0.717, 1.165) is 48.4 Å². The van der Waals surface area contributed by atoms with Gasteiger partial charge in [-0.25, -0.2) is 9.37 Å². The molecule has 2 aromatic heterocycles. The Labute approximate surface area is 202 Å². The van der Waals surface area contributed by atoms with Crippen molar-refractivity contribution in [3.05, 3.63) is 41.5 Å². The standard InChI is InChI=1S/C27H39F2N3O2/c1-17(2)33-16-22(34-26(4,5)6)23-18(3)30-15-20(19-13-21(28)25(29)31-14-19)24(23)32-11-9-27(7,8)10-12-32/h13-15,17,22H,9-12,16H2,1-8H3/t22-/m1/s1. The third kappa shape index (κ3) is 6.51. The topological polar surface area (TPSA) is 47.5 Å². The average Bonchev–Trinajstić information content (AvgIpc) is 2.72. The van der Waals surface area contributed by atoms with Gasteiger partial charge >= 0.3 is 0 Å². The molecule has 0 radical (unpaired) electrons. The summed E-state index contributed by atoms with van der Waals surface area (Å²) in [5, 5.41) is 0. The zero-order chi connectivity index (χ0) is 25.3. The van der Waals surface area contributed by atoms with E-state index in [1.54, 1.807) is 6.20 Å². The molecular weight excluding hydrogens is 436 g/mol. The molecule has 1 aliphatic rings. The maximum Gasteiger partial charge on any atom is 0.248 e. The van der Waals surface area contributed by atoms with Crippen molar-refractivity contribution >= 4 is 5.69 Å². The Morgan fingerprint density at radius 3 is 2.29 bits per heavy atom. The van der Waals surface area contributed by atoms with Gasteiger partial charge in [0.25, 0.3) is 0 Å². The van der Waals surface area contributed by atoms with Crippen LogP contribution in [-0.2, 0) is 9.47 Å². The van der Waals surface area contributed by atoms with E-state index in [2.05, 4.69) is 28.7 Å². The summed E-state index contributed by atoms with van der Waals surface area (Å²) in [5.74, 6) is -2.08. The van der Waals surface area contributed by atoms with Gasteiger partial charge in [-0.1, -0.05) is 13.8 Å². The highest BCUT2D eigenvalue weighted by atomic mass is 19.2. The molecule has 1 fully saturated rings. The number of piperidine rings is 1. The first-order valence-corrected chi connectivity index (χ1v) is 12.1. The van der Waals surface area contributed by atoms with Gasteiger partial charge in [0.2, 0.25) is 5.95 Å². The normalized spacial score (nSPS) is 17.3. The minimum absolute atomic E-state index is 0.0390. The van der Waals surface area contributed by atoms with Crippen LogP contribution in [0, 0.1) is 24.1 Å². The molecule has 0 amide bonds. The molecule has 0 aromatic carbocycles. The third-order valence-electron chi connectivity index (χ3n) is 6.23. The smallest absolute Gasteiger partial charge is 0.248 e. The summed E-state index contributed by atoms with van der Waals surface area (Å²) < 4.78 is 40.4. The second-order valence-corrected chi connectivity index (χ2v) is 11.3. The Morgan fingerprint density at radius 2 is 1.74 bits per heavy atom. The number of halogens is 2. The van der Waals surface area contributed by atoms with Gasteiger partial charge in [0.1, 0.15) is 6.10 Å². The zero-order valence-corrected chi connectivity index (χ0v) is 21.8. The first-order valence-electron chi connectivity index (χ1n) is 12.1. The Morgan fingerprint density at radius 1 is 1.09 bits per heavy atom. The van der Waals surface area contributed by atoms with Gasteiger partial charge in [0.15, 0.2) is 5.82 Å². The number of anilines is 1. The highest BCUT2D eigenvalue weighted by Gasteiger charge is 2.33. The van der Waals surface area contributed by atoms with E-state index >= 15 is 0 Å². The van der Waals surface area contributed by atoms with Crippen LogP contribution in [0.15, 0.2) is 18.5 Å². The van der Waals surface area contributed by atoms with Crippen LogP contribution in [0.3, 0.4) is 0 Å². The van der Waals surface area contributed by atoms with E-state index in [0.29, 0.717) is 12.2 Å². The minimum Gasteiger partial charge on any atom is -0.376 e. The summed E-state index contributed by atoms with van der Waals surface area (Å²) in [6.45, 7) is 18.6. The lowest BCUT2D eigenvalue weighted by Crippen LogP contribution is -2.39. The van der Waals surface area contributed by atoms with Crippen LogP contribution in [0.5, 0.6) is 0 Å². The van der Waals surface area contributed by atoms with Crippen molar-refractivity contribution in [1.29, 1.82) is 0 Å². The molecule has 0 unspecified atom stereocenters. The molecule has 3 rings (SSSR count). The van der Waals surface area contributed by atoms with Gasteiger partial charge in [-0.2, -0.15) is 4.39 Å². The lowest BCUT2D eigenvalue weighted by Gasteiger charge is -2.41. The van der Waals surface area contributed by atoms with E-state index in [9.17, 15) is 8.78 Å². The van der Waals surface area contributed by atoms with E-state index in [1.165, 1.54) is 12.3 Å². The molecule has 3 heterocycles. The molecule has 0 bridgehead atoms. The van der Waals surface area contributed by atoms with Gasteiger partial charge in [-0.15, -0.1) is 0 Å². The number of nitrogens with zero attached hydrogens (tertiary/aromatic N) is 3. The second kappa shape index (κ2) is 10.2. The average molecular weight is 476 g/mol. The monoisotopic (exact) mass is 475 g/mol. The van der Waals surface area contributed by atoms with Crippen molar-refractivity contribution in [3.63, 3.8) is 0 Å². The molecule has 1 aliphatic heterocycles. The second-order valence-electron chi connectivity index (χ2n) is 11.3. The quantitative estimate of drug-likeness (QED) is 0.420. The van der Waals surface area contributed by atoms with E-state index in [-0.39, 0.29) is 17.6 Å². The van der Waals surface area contributed by atoms with E-state index < -0.39 is 17.4 Å². The van der Waals surface area contributed by atoms with Gasteiger partial charge < -0.3 is 14.4 Å². The Hall–Kier alpha value is -2.12. The number of pyridine rings is 2. The lowest BCUT2D eigenvalue weighted by atomic mass is 9.82. The maximum absolute atomic E-state index is 14.2. The van der Waals surface area contributed by atoms with Crippen LogP contribution in [0.4, 0.5) is 14.5 Å². The minimum atomic E-state index is -1.11. The molecule has 1 saturated heterocycles. The van der Waals surface area contributed by atoms with Crippen molar-refractivity contribution in [2.75, 3.05) is 24.6 Å². The van der Waals surface area contributed by atoms with Crippen LogP contribution in [-0.4, -0.2) is 41.4 Å². The summed E-state index contributed by atoms with van der Waals surface area (Å²) in [6, 6.07) is 1.19. The molecule has 0 N–H and O–H groups in total. The summed E-state index contributed by atoms with van der Waals surface area (Å²) in [4.78, 5) is 10.6. The van der Waals surface area contributed by atoms with Crippen molar-refractivity contribution in [1.82, 2.24) is 9.97 Å². The van der Waals surface area contributed by atoms with Crippen molar-refractivity contribution in [3.8, 4) is 11.1 Å². The number of aryl methyl sites for hydroxylation is 1. The van der Waals surface area contributed by atoms with E-state index in [1.807, 2.05) is 41.5 Å². The fraction of sp³-hybridized carbons (Fsp3) is 0.630. The Kier molecular flexibility index (Phi) is 7.98. The van der Waals surface area contributed by atoms with Crippen molar-refractivity contribution in [2.45, 2.75) is 86.0 Å². The maximum atomic E-state index is 14.2. The van der Waals surface area contributed by atoms with Crippen LogP contribution in [0.1, 0.15) is 78.7 Å². The summed E-state index contributed by atoms with van der Waals surface area (Å²) in [7, 11) is 0. The van der Waals surface area contributed by atoms with Gasteiger partial charge in [-0.3, -0.25) is 4.98 Å². The summed E-state index contributed by atoms with van der Waals surface area (Å²) in [5.41, 5.74) is 3.75. The molecule has 0 spiro atoms. The molecule has 7 heteroatoms. The van der Waals surface area contributed by atoms with Crippen LogP contribution in [0.25, 0.3) is 11.1 Å². The molecule has 5 nitrogen and oxygen atoms in total. The predicted octanol–water partition coefficient (Wildman–Crippen LogP) is 6.64. The van der Waals surface area contributed by atoms with Crippen LogP contribution in [0.2, 0.25) is 0 Å². The van der Waals surface area contributed by atoms with Crippen LogP contribution >= 0.6 is 0 Å². The molecule has 188 valence electrons. The highest BCUT2D eigenvalue weighted by molar-refractivity contribution is 5.81.